The van der Waals surface area contributed by atoms with E-state index < -0.39 is 0 Å². The van der Waals surface area contributed by atoms with Gasteiger partial charge >= 0.3 is 0 Å². The van der Waals surface area contributed by atoms with Crippen LogP contribution in [0, 0.1) is 40.4 Å². The monoisotopic (exact) mass is 809 g/mol. The van der Waals surface area contributed by atoms with E-state index in [9.17, 15) is 0 Å². The minimum Gasteiger partial charge on any atom is -0.378 e. The molecule has 340 valence electrons. The Balaban J connectivity index is 1.08. The van der Waals surface area contributed by atoms with Crippen molar-refractivity contribution >= 4 is 0 Å². The highest BCUT2D eigenvalue weighted by molar-refractivity contribution is 5.07. The van der Waals surface area contributed by atoms with Crippen molar-refractivity contribution in [3.8, 4) is 0 Å². The highest BCUT2D eigenvalue weighted by atomic mass is 16.5. The molecule has 3 nitrogen and oxygen atoms in total. The Hall–Kier alpha value is -0.120. The zero-order valence-corrected chi connectivity index (χ0v) is 40.4. The van der Waals surface area contributed by atoms with Gasteiger partial charge in [0.25, 0.3) is 0 Å². The van der Waals surface area contributed by atoms with Crippen LogP contribution in [0.1, 0.15) is 273 Å². The van der Waals surface area contributed by atoms with Crippen LogP contribution in [0.4, 0.5) is 0 Å². The summed E-state index contributed by atoms with van der Waals surface area (Å²) in [5, 5.41) is 4.48. The molecule has 0 radical (unpaired) electrons. The van der Waals surface area contributed by atoms with Crippen molar-refractivity contribution in [2.45, 2.75) is 297 Å². The fraction of sp³-hybridized carbons (Fsp3) is 1.00. The maximum Gasteiger partial charge on any atom is 0.0605 e. The lowest BCUT2D eigenvalue weighted by atomic mass is 9.43. The lowest BCUT2D eigenvalue weighted by Crippen LogP contribution is -2.60. The van der Waals surface area contributed by atoms with Gasteiger partial charge in [0.2, 0.25) is 0 Å². The third kappa shape index (κ3) is 14.7. The van der Waals surface area contributed by atoms with Gasteiger partial charge in [-0.05, 0) is 124 Å². The Morgan fingerprint density at radius 1 is 0.586 bits per heavy atom. The molecule has 9 atom stereocenters. The van der Waals surface area contributed by atoms with Gasteiger partial charge in [0, 0.05) is 25.2 Å². The Bertz CT molecular complexity index is 1050. The Kier molecular flexibility index (Phi) is 22.3. The van der Waals surface area contributed by atoms with E-state index >= 15 is 0 Å². The zero-order valence-electron chi connectivity index (χ0n) is 40.4. The second kappa shape index (κ2) is 26.5. The first-order valence-electron chi connectivity index (χ1n) is 27.4. The van der Waals surface area contributed by atoms with Crippen LogP contribution in [0.3, 0.4) is 0 Å². The molecule has 5 rings (SSSR count). The summed E-state index contributed by atoms with van der Waals surface area (Å²) < 4.78 is 6.71. The van der Waals surface area contributed by atoms with Gasteiger partial charge in [-0.1, -0.05) is 189 Å². The van der Waals surface area contributed by atoms with Crippen LogP contribution in [0.25, 0.3) is 0 Å². The van der Waals surface area contributed by atoms with Gasteiger partial charge in [-0.3, -0.25) is 4.90 Å². The van der Waals surface area contributed by atoms with Crippen molar-refractivity contribution in [3.05, 3.63) is 0 Å². The molecule has 5 fully saturated rings. The van der Waals surface area contributed by atoms with Gasteiger partial charge in [-0.2, -0.15) is 0 Å². The van der Waals surface area contributed by atoms with Gasteiger partial charge in [0.05, 0.1) is 12.3 Å². The van der Waals surface area contributed by atoms with E-state index in [0.717, 1.165) is 48.3 Å². The molecule has 0 aromatic carbocycles. The molecule has 2 bridgehead atoms. The predicted molar refractivity (Wildman–Crippen MR) is 254 cm³/mol. The van der Waals surface area contributed by atoms with Gasteiger partial charge in [0.15, 0.2) is 0 Å². The molecule has 0 spiro atoms. The van der Waals surface area contributed by atoms with Gasteiger partial charge < -0.3 is 10.1 Å². The largest absolute Gasteiger partial charge is 0.378 e. The molecule has 6 unspecified atom stereocenters. The average molecular weight is 809 g/mol. The summed E-state index contributed by atoms with van der Waals surface area (Å²) in [5.74, 6) is 4.74. The standard InChI is InChI=1S/C55H104N2O/c1-7-9-11-13-15-17-19-21-23-25-27-29-40-58-50-42-48-34-35-49(43-50)57(48)53(31-28-26-24-22-20-18-16-14-12-10-8-2)56-44-54(5)38-30-39-55(6)51-36-32-46(45(3)4)41-47(51)33-37-52(54)55/h45-53,56H,7-44H2,1-6H3/t46-,47?,48?,49?,50?,51?,52?,53?,54-,55+/m0/s1. The number of unbranched alkanes of at least 4 members (excludes halogenated alkanes) is 21. The SMILES string of the molecule is CCCCCCCCCCCCCCOC1CC2CCC(C1)N2C(CCCCCCCCCCCCC)NC[C@]1(C)CCC[C@]2(C)C3CC[C@H](C(C)C)CC3CCC12. The van der Waals surface area contributed by atoms with Crippen molar-refractivity contribution in [3.63, 3.8) is 0 Å². The fourth-order valence-electron chi connectivity index (χ4n) is 14.5. The molecular formula is C55H104N2O. The Morgan fingerprint density at radius 3 is 1.67 bits per heavy atom. The number of ether oxygens (including phenoxy) is 1. The molecule has 0 amide bonds. The van der Waals surface area contributed by atoms with E-state index in [2.05, 4.69) is 51.8 Å². The summed E-state index contributed by atoms with van der Waals surface area (Å²) in [5.41, 5.74) is 1.00. The molecule has 1 N–H and O–H groups in total. The predicted octanol–water partition coefficient (Wildman–Crippen LogP) is 16.6. The van der Waals surface area contributed by atoms with E-state index in [-0.39, 0.29) is 0 Å². The first kappa shape index (κ1) is 48.9. The van der Waals surface area contributed by atoms with Crippen molar-refractivity contribution in [1.29, 1.82) is 0 Å². The van der Waals surface area contributed by atoms with Crippen LogP contribution in [-0.4, -0.2) is 42.4 Å². The second-order valence-corrected chi connectivity index (χ2v) is 22.7. The topological polar surface area (TPSA) is 24.5 Å². The highest BCUT2D eigenvalue weighted by Gasteiger charge is 2.57. The van der Waals surface area contributed by atoms with Crippen molar-refractivity contribution in [2.75, 3.05) is 13.2 Å². The zero-order chi connectivity index (χ0) is 41.1. The van der Waals surface area contributed by atoms with Crippen LogP contribution in [0.5, 0.6) is 0 Å². The van der Waals surface area contributed by atoms with Crippen LogP contribution in [0.15, 0.2) is 0 Å². The molecule has 58 heavy (non-hydrogen) atoms. The van der Waals surface area contributed by atoms with Crippen molar-refractivity contribution in [1.82, 2.24) is 10.2 Å². The van der Waals surface area contributed by atoms with Crippen molar-refractivity contribution in [2.24, 2.45) is 40.4 Å². The van der Waals surface area contributed by atoms with E-state index in [1.54, 1.807) is 0 Å². The molecule has 2 saturated heterocycles. The maximum atomic E-state index is 6.71. The molecular weight excluding hydrogens is 705 g/mol. The summed E-state index contributed by atoms with van der Waals surface area (Å²) in [6, 6.07) is 1.46. The number of nitrogens with one attached hydrogen (secondary N) is 1. The summed E-state index contributed by atoms with van der Waals surface area (Å²) in [4.78, 5) is 3.06. The molecule has 0 aromatic rings. The smallest absolute Gasteiger partial charge is 0.0605 e. The first-order valence-corrected chi connectivity index (χ1v) is 27.4. The first-order chi connectivity index (χ1) is 28.3. The second-order valence-electron chi connectivity index (χ2n) is 22.7. The van der Waals surface area contributed by atoms with E-state index in [4.69, 9.17) is 4.74 Å². The van der Waals surface area contributed by atoms with Crippen LogP contribution in [-0.2, 0) is 4.74 Å². The summed E-state index contributed by atoms with van der Waals surface area (Å²) in [6.07, 6.45) is 52.6. The molecule has 3 saturated carbocycles. The maximum absolute atomic E-state index is 6.71. The molecule has 2 aliphatic heterocycles. The quantitative estimate of drug-likeness (QED) is 0.0706. The number of piperidine rings is 1. The molecule has 3 heteroatoms. The third-order valence-electron chi connectivity index (χ3n) is 18.0. The third-order valence-corrected chi connectivity index (χ3v) is 18.0. The van der Waals surface area contributed by atoms with E-state index in [0.29, 0.717) is 23.1 Å². The number of nitrogens with zero attached hydrogens (tertiary/aromatic N) is 1. The highest BCUT2D eigenvalue weighted by Crippen LogP contribution is 2.64. The Labute approximate surface area is 364 Å². The van der Waals surface area contributed by atoms with Gasteiger partial charge in [0.1, 0.15) is 0 Å². The van der Waals surface area contributed by atoms with Crippen LogP contribution in [0.2, 0.25) is 0 Å². The average Bonchev–Trinajstić information content (AvgIpc) is 3.47. The van der Waals surface area contributed by atoms with Gasteiger partial charge in [-0.15, -0.1) is 0 Å². The number of rotatable bonds is 31. The fourth-order valence-corrected chi connectivity index (χ4v) is 14.5. The van der Waals surface area contributed by atoms with Gasteiger partial charge in [-0.25, -0.2) is 0 Å². The minimum absolute atomic E-state index is 0.441. The number of fused-ring (bicyclic) bond motifs is 5. The molecule has 3 aliphatic carbocycles. The lowest BCUT2D eigenvalue weighted by molar-refractivity contribution is -0.124. The number of hydrogen-bond donors (Lipinski definition) is 1. The molecule has 5 aliphatic rings. The summed E-state index contributed by atoms with van der Waals surface area (Å²) in [6.45, 7) is 17.4. The minimum atomic E-state index is 0.441. The van der Waals surface area contributed by atoms with Crippen molar-refractivity contribution < 1.29 is 4.74 Å². The summed E-state index contributed by atoms with van der Waals surface area (Å²) >= 11 is 0. The van der Waals surface area contributed by atoms with Crippen LogP contribution < -0.4 is 5.32 Å². The lowest BCUT2D eigenvalue weighted by Gasteiger charge is -2.62. The normalized spacial score (nSPS) is 33.1. The molecule has 0 aromatic heterocycles. The molecule has 2 heterocycles. The van der Waals surface area contributed by atoms with Crippen LogP contribution >= 0.6 is 0 Å². The van der Waals surface area contributed by atoms with E-state index in [1.165, 1.54) is 238 Å². The Morgan fingerprint density at radius 2 is 1.12 bits per heavy atom. The number of hydrogen-bond acceptors (Lipinski definition) is 3. The van der Waals surface area contributed by atoms with E-state index in [1.807, 2.05) is 0 Å². The summed E-state index contributed by atoms with van der Waals surface area (Å²) in [7, 11) is 0.